The third kappa shape index (κ3) is 2.06. The molecule has 0 amide bonds. The first kappa shape index (κ1) is 15.1. The van der Waals surface area contributed by atoms with E-state index < -0.39 is 0 Å². The molecule has 2 heterocycles. The first-order valence-electron chi connectivity index (χ1n) is 8.90. The van der Waals surface area contributed by atoms with Crippen LogP contribution in [0.2, 0.25) is 0 Å². The van der Waals surface area contributed by atoms with Crippen molar-refractivity contribution in [2.24, 2.45) is 0 Å². The van der Waals surface area contributed by atoms with Crippen molar-refractivity contribution >= 4 is 59.7 Å². The van der Waals surface area contributed by atoms with Crippen molar-refractivity contribution in [3.63, 3.8) is 0 Å². The summed E-state index contributed by atoms with van der Waals surface area (Å²) in [5, 5.41) is 4.68. The minimum atomic E-state index is 0.928. The molecule has 0 N–H and O–H groups in total. The first-order valence-corrected chi connectivity index (χ1v) is 9.70. The highest BCUT2D eigenvalue weighted by atomic mass is 79.9. The van der Waals surface area contributed by atoms with Crippen LogP contribution in [0, 0.1) is 0 Å². The molecule has 128 valence electrons. The molecule has 0 saturated carbocycles. The van der Waals surface area contributed by atoms with Crippen molar-refractivity contribution in [3.05, 3.63) is 89.4 Å². The van der Waals surface area contributed by atoms with Crippen molar-refractivity contribution in [2.45, 2.75) is 0 Å². The Kier molecular flexibility index (Phi) is 3.06. The molecule has 0 aliphatic rings. The molecule has 0 atom stereocenters. The smallest absolute Gasteiger partial charge is 0.145 e. The molecule has 0 bridgehead atoms. The molecular formula is C24H14BrNO. The van der Waals surface area contributed by atoms with Crippen LogP contribution in [-0.4, -0.2) is 4.57 Å². The molecule has 27 heavy (non-hydrogen) atoms. The van der Waals surface area contributed by atoms with Crippen molar-refractivity contribution in [2.75, 3.05) is 0 Å². The van der Waals surface area contributed by atoms with E-state index in [2.05, 4.69) is 87.2 Å². The monoisotopic (exact) mass is 411 g/mol. The highest BCUT2D eigenvalue weighted by Crippen LogP contribution is 2.40. The maximum absolute atomic E-state index is 6.33. The van der Waals surface area contributed by atoms with Gasteiger partial charge in [0.05, 0.1) is 16.4 Å². The van der Waals surface area contributed by atoms with E-state index in [1.165, 1.54) is 10.9 Å². The van der Waals surface area contributed by atoms with Gasteiger partial charge in [0.1, 0.15) is 11.2 Å². The Labute approximate surface area is 163 Å². The third-order valence-corrected chi connectivity index (χ3v) is 5.74. The number of fused-ring (bicyclic) bond motifs is 7. The van der Waals surface area contributed by atoms with Gasteiger partial charge in [-0.2, -0.15) is 0 Å². The summed E-state index contributed by atoms with van der Waals surface area (Å²) in [4.78, 5) is 0. The predicted octanol–water partition coefficient (Wildman–Crippen LogP) is 7.45. The van der Waals surface area contributed by atoms with E-state index in [0.717, 1.165) is 43.0 Å². The molecule has 0 saturated heterocycles. The van der Waals surface area contributed by atoms with Crippen LogP contribution in [0.5, 0.6) is 0 Å². The SMILES string of the molecule is Brc1ccc2c3c4oc5ccccc5c4ccc3n(-c3ccccc3)c2c1. The lowest BCUT2D eigenvalue weighted by atomic mass is 10.1. The fourth-order valence-corrected chi connectivity index (χ4v) is 4.46. The van der Waals surface area contributed by atoms with Gasteiger partial charge in [0.15, 0.2) is 0 Å². The predicted molar refractivity (Wildman–Crippen MR) is 116 cm³/mol. The Balaban J connectivity index is 1.89. The van der Waals surface area contributed by atoms with E-state index >= 15 is 0 Å². The number of para-hydroxylation sites is 2. The van der Waals surface area contributed by atoms with Gasteiger partial charge in [-0.15, -0.1) is 0 Å². The van der Waals surface area contributed by atoms with E-state index in [4.69, 9.17) is 4.42 Å². The summed E-state index contributed by atoms with van der Waals surface area (Å²) < 4.78 is 9.70. The van der Waals surface area contributed by atoms with E-state index in [9.17, 15) is 0 Å². The Morgan fingerprint density at radius 2 is 1.44 bits per heavy atom. The number of halogens is 1. The first-order chi connectivity index (χ1) is 13.3. The average molecular weight is 412 g/mol. The molecule has 0 unspecified atom stereocenters. The summed E-state index contributed by atoms with van der Waals surface area (Å²) in [6.45, 7) is 0. The van der Waals surface area contributed by atoms with Crippen LogP contribution in [0.1, 0.15) is 0 Å². The Morgan fingerprint density at radius 3 is 2.33 bits per heavy atom. The van der Waals surface area contributed by atoms with Crippen LogP contribution in [0.15, 0.2) is 93.8 Å². The van der Waals surface area contributed by atoms with Gasteiger partial charge in [0.25, 0.3) is 0 Å². The molecule has 2 aromatic heterocycles. The summed E-state index contributed by atoms with van der Waals surface area (Å²) in [6, 6.07) is 29.6. The van der Waals surface area contributed by atoms with Crippen molar-refractivity contribution < 1.29 is 4.42 Å². The van der Waals surface area contributed by atoms with Gasteiger partial charge in [0.2, 0.25) is 0 Å². The molecule has 3 heteroatoms. The van der Waals surface area contributed by atoms with Crippen LogP contribution in [-0.2, 0) is 0 Å². The number of furan rings is 1. The topological polar surface area (TPSA) is 18.1 Å². The lowest BCUT2D eigenvalue weighted by Crippen LogP contribution is -1.92. The Hall–Kier alpha value is -3.04. The van der Waals surface area contributed by atoms with Crippen LogP contribution in [0.4, 0.5) is 0 Å². The average Bonchev–Trinajstić information content (AvgIpc) is 3.23. The van der Waals surface area contributed by atoms with Gasteiger partial charge in [0, 0.05) is 26.3 Å². The molecular weight excluding hydrogens is 398 g/mol. The second-order valence-electron chi connectivity index (χ2n) is 6.77. The number of hydrogen-bond donors (Lipinski definition) is 0. The fourth-order valence-electron chi connectivity index (χ4n) is 4.11. The summed E-state index contributed by atoms with van der Waals surface area (Å²) >= 11 is 3.64. The standard InChI is InChI=1S/C24H14BrNO/c25-15-10-11-19-21(14-15)26(16-6-2-1-3-7-16)20-13-12-18-17-8-4-5-9-22(17)27-24(18)23(19)20/h1-14H. The molecule has 0 spiro atoms. The van der Waals surface area contributed by atoms with Crippen LogP contribution in [0.3, 0.4) is 0 Å². The minimum Gasteiger partial charge on any atom is -0.455 e. The Bertz CT molecular complexity index is 1470. The minimum absolute atomic E-state index is 0.928. The zero-order chi connectivity index (χ0) is 18.0. The van der Waals surface area contributed by atoms with E-state index in [1.807, 2.05) is 18.2 Å². The quantitative estimate of drug-likeness (QED) is 0.274. The van der Waals surface area contributed by atoms with E-state index in [1.54, 1.807) is 0 Å². The second kappa shape index (κ2) is 5.48. The molecule has 0 radical (unpaired) electrons. The molecule has 0 aliphatic heterocycles. The zero-order valence-corrected chi connectivity index (χ0v) is 15.9. The van der Waals surface area contributed by atoms with Gasteiger partial charge < -0.3 is 8.98 Å². The van der Waals surface area contributed by atoms with Crippen LogP contribution < -0.4 is 0 Å². The second-order valence-corrected chi connectivity index (χ2v) is 7.68. The lowest BCUT2D eigenvalue weighted by Gasteiger charge is -2.07. The molecule has 2 nitrogen and oxygen atoms in total. The molecule has 6 rings (SSSR count). The fraction of sp³-hybridized carbons (Fsp3) is 0. The molecule has 4 aromatic carbocycles. The van der Waals surface area contributed by atoms with Crippen LogP contribution >= 0.6 is 15.9 Å². The van der Waals surface area contributed by atoms with Crippen LogP contribution in [0.25, 0.3) is 49.4 Å². The number of hydrogen-bond acceptors (Lipinski definition) is 1. The largest absolute Gasteiger partial charge is 0.455 e. The summed E-state index contributed by atoms with van der Waals surface area (Å²) in [5.74, 6) is 0. The lowest BCUT2D eigenvalue weighted by molar-refractivity contribution is 0.673. The third-order valence-electron chi connectivity index (χ3n) is 5.25. The van der Waals surface area contributed by atoms with Gasteiger partial charge in [-0.3, -0.25) is 0 Å². The maximum Gasteiger partial charge on any atom is 0.145 e. The van der Waals surface area contributed by atoms with Gasteiger partial charge in [-0.05, 0) is 42.5 Å². The number of aromatic nitrogens is 1. The summed E-state index contributed by atoms with van der Waals surface area (Å²) in [5.41, 5.74) is 5.35. The summed E-state index contributed by atoms with van der Waals surface area (Å²) in [6.07, 6.45) is 0. The van der Waals surface area contributed by atoms with Crippen molar-refractivity contribution in [1.82, 2.24) is 4.57 Å². The molecule has 6 aromatic rings. The maximum atomic E-state index is 6.33. The van der Waals surface area contributed by atoms with Gasteiger partial charge in [-0.25, -0.2) is 0 Å². The molecule has 0 fully saturated rings. The van der Waals surface area contributed by atoms with Gasteiger partial charge in [-0.1, -0.05) is 58.4 Å². The highest BCUT2D eigenvalue weighted by Gasteiger charge is 2.18. The highest BCUT2D eigenvalue weighted by molar-refractivity contribution is 9.10. The van der Waals surface area contributed by atoms with Gasteiger partial charge >= 0.3 is 0 Å². The molecule has 0 aliphatic carbocycles. The zero-order valence-electron chi connectivity index (χ0n) is 14.3. The van der Waals surface area contributed by atoms with Crippen molar-refractivity contribution in [3.8, 4) is 5.69 Å². The van der Waals surface area contributed by atoms with Crippen molar-refractivity contribution in [1.29, 1.82) is 0 Å². The van der Waals surface area contributed by atoms with E-state index in [-0.39, 0.29) is 0 Å². The number of nitrogens with zero attached hydrogens (tertiary/aromatic N) is 1. The number of benzene rings is 4. The van der Waals surface area contributed by atoms with E-state index in [0.29, 0.717) is 0 Å². The summed E-state index contributed by atoms with van der Waals surface area (Å²) in [7, 11) is 0. The number of rotatable bonds is 1. The Morgan fingerprint density at radius 1 is 0.667 bits per heavy atom. The normalized spacial score (nSPS) is 11.9.